The average molecular weight is 799 g/mol. The number of hydrogen-bond donors (Lipinski definition) is 3. The van der Waals surface area contributed by atoms with Gasteiger partial charge in [0.25, 0.3) is 0 Å². The van der Waals surface area contributed by atoms with Crippen LogP contribution >= 0.6 is 0 Å². The van der Waals surface area contributed by atoms with Crippen LogP contribution in [0.5, 0.6) is 17.2 Å². The van der Waals surface area contributed by atoms with Crippen LogP contribution in [-0.2, 0) is 19.6 Å². The van der Waals surface area contributed by atoms with E-state index in [4.69, 9.17) is 29.2 Å². The molecular formula is C45H42N12O3. The number of aromatic nitrogens is 6. The molecule has 15 heteroatoms. The maximum Gasteiger partial charge on any atom is 0.178 e. The maximum atomic E-state index is 10.4. The summed E-state index contributed by atoms with van der Waals surface area (Å²) in [6, 6.07) is 29.2. The zero-order chi connectivity index (χ0) is 41.8. The molecule has 3 N–H and O–H groups in total. The van der Waals surface area contributed by atoms with Crippen LogP contribution in [0, 0.1) is 34.0 Å². The molecule has 0 unspecified atom stereocenters. The first-order valence-electron chi connectivity index (χ1n) is 19.3. The van der Waals surface area contributed by atoms with Crippen molar-refractivity contribution in [1.82, 2.24) is 29.9 Å². The van der Waals surface area contributed by atoms with E-state index in [-0.39, 0.29) is 17.8 Å². The van der Waals surface area contributed by atoms with E-state index in [1.54, 1.807) is 36.8 Å². The first-order chi connectivity index (χ1) is 29.4. The Kier molecular flexibility index (Phi) is 12.8. The van der Waals surface area contributed by atoms with Gasteiger partial charge in [0.2, 0.25) is 0 Å². The van der Waals surface area contributed by atoms with Gasteiger partial charge in [0.05, 0.1) is 74.7 Å². The molecule has 6 heterocycles. The van der Waals surface area contributed by atoms with Crippen LogP contribution in [0.3, 0.4) is 0 Å². The van der Waals surface area contributed by atoms with Crippen LogP contribution in [0.15, 0.2) is 91.4 Å². The quantitative estimate of drug-likeness (QED) is 0.0925. The minimum atomic E-state index is -0.221. The van der Waals surface area contributed by atoms with Gasteiger partial charge in [0.15, 0.2) is 34.7 Å². The molecule has 1 aliphatic carbocycles. The van der Waals surface area contributed by atoms with Gasteiger partial charge in [-0.05, 0) is 73.9 Å². The highest BCUT2D eigenvalue weighted by molar-refractivity contribution is 5.63. The van der Waals surface area contributed by atoms with E-state index >= 15 is 0 Å². The molecule has 60 heavy (non-hydrogen) atoms. The lowest BCUT2D eigenvalue weighted by molar-refractivity contribution is 0.337. The SMILES string of the molecule is COc1c(C#N)cc(C2CC(c3cc(C#N)c(OC)c(NCc4ccccn4)n3)CC(c3cc(C#N)c(OC)c(NCc4ccccn4)n3)C2)nc1NCc1ccccn1. The summed E-state index contributed by atoms with van der Waals surface area (Å²) in [4.78, 5) is 28.6. The second-order valence-corrected chi connectivity index (χ2v) is 14.1. The van der Waals surface area contributed by atoms with Crippen molar-refractivity contribution in [3.63, 3.8) is 0 Å². The molecular weight excluding hydrogens is 757 g/mol. The smallest absolute Gasteiger partial charge is 0.178 e. The van der Waals surface area contributed by atoms with E-state index in [9.17, 15) is 15.8 Å². The Morgan fingerprint density at radius 2 is 0.800 bits per heavy atom. The van der Waals surface area contributed by atoms with Crippen molar-refractivity contribution in [2.45, 2.75) is 56.7 Å². The molecule has 0 aromatic carbocycles. The summed E-state index contributed by atoms with van der Waals surface area (Å²) in [6.45, 7) is 1.07. The summed E-state index contributed by atoms with van der Waals surface area (Å²) in [6.07, 6.45) is 6.89. The number of nitrogens with one attached hydrogen (secondary N) is 3. The van der Waals surface area contributed by atoms with E-state index in [1.807, 2.05) is 54.6 Å². The Hall–Kier alpha value is -7.83. The molecule has 0 spiro atoms. The molecule has 0 bridgehead atoms. The molecule has 1 saturated carbocycles. The number of nitriles is 3. The van der Waals surface area contributed by atoms with E-state index in [1.165, 1.54) is 21.3 Å². The van der Waals surface area contributed by atoms with Crippen LogP contribution in [0.2, 0.25) is 0 Å². The van der Waals surface area contributed by atoms with Crippen molar-refractivity contribution >= 4 is 17.5 Å². The molecule has 0 aliphatic heterocycles. The summed E-state index contributed by atoms with van der Waals surface area (Å²) < 4.78 is 17.1. The lowest BCUT2D eigenvalue weighted by Crippen LogP contribution is -2.23. The number of anilines is 3. The maximum absolute atomic E-state index is 10.4. The number of pyridine rings is 6. The Morgan fingerprint density at radius 1 is 0.500 bits per heavy atom. The van der Waals surface area contributed by atoms with E-state index in [0.717, 1.165) is 17.1 Å². The van der Waals surface area contributed by atoms with Crippen LogP contribution < -0.4 is 30.2 Å². The Morgan fingerprint density at radius 3 is 1.03 bits per heavy atom. The molecule has 0 radical (unpaired) electrons. The molecule has 6 aromatic heterocycles. The second kappa shape index (κ2) is 19.1. The predicted octanol–water partition coefficient (Wildman–Crippen LogP) is 7.37. The first kappa shape index (κ1) is 40.4. The fourth-order valence-electron chi connectivity index (χ4n) is 7.59. The summed E-state index contributed by atoms with van der Waals surface area (Å²) in [5.74, 6) is 1.59. The van der Waals surface area contributed by atoms with Gasteiger partial charge in [-0.3, -0.25) is 15.0 Å². The van der Waals surface area contributed by atoms with E-state index in [2.05, 4.69) is 49.1 Å². The van der Waals surface area contributed by atoms with Gasteiger partial charge in [0.1, 0.15) is 18.2 Å². The number of ether oxygens (including phenoxy) is 3. The highest BCUT2D eigenvalue weighted by atomic mass is 16.5. The minimum Gasteiger partial charge on any atom is -0.492 e. The standard InChI is InChI=1S/C45H42N12O3/c1-58-40-31(22-46)19-37(55-43(40)52-25-34-10-4-7-13-49-34)28-16-29(38-20-32(23-47)41(59-2)44(56-38)53-26-35-11-5-8-14-50-35)18-30(17-28)39-21-33(24-48)42(60-3)45(57-39)54-27-36-12-6-9-15-51-36/h4-15,19-21,28-30H,16-18,25-27H2,1-3H3,(H,52,55)(H,53,56)(H,54,57). The molecule has 1 fully saturated rings. The van der Waals surface area contributed by atoms with Gasteiger partial charge in [-0.2, -0.15) is 15.8 Å². The highest BCUT2D eigenvalue weighted by Crippen LogP contribution is 2.49. The molecule has 0 amide bonds. The van der Waals surface area contributed by atoms with Gasteiger partial charge in [-0.15, -0.1) is 0 Å². The molecule has 300 valence electrons. The number of nitrogens with zero attached hydrogens (tertiary/aromatic N) is 9. The van der Waals surface area contributed by atoms with Crippen molar-refractivity contribution in [2.24, 2.45) is 0 Å². The lowest BCUT2D eigenvalue weighted by Gasteiger charge is -2.35. The summed E-state index contributed by atoms with van der Waals surface area (Å²) in [5, 5.41) is 41.1. The lowest BCUT2D eigenvalue weighted by atomic mass is 9.71. The van der Waals surface area contributed by atoms with Crippen LogP contribution in [0.25, 0.3) is 0 Å². The Labute approximate surface area is 348 Å². The van der Waals surface area contributed by atoms with Crippen molar-refractivity contribution in [3.05, 3.63) is 142 Å². The zero-order valence-electron chi connectivity index (χ0n) is 33.4. The van der Waals surface area contributed by atoms with Crippen LogP contribution in [0.4, 0.5) is 17.5 Å². The van der Waals surface area contributed by atoms with E-state index in [0.29, 0.717) is 107 Å². The van der Waals surface area contributed by atoms with Crippen molar-refractivity contribution in [3.8, 4) is 35.5 Å². The molecule has 0 atom stereocenters. The average Bonchev–Trinajstić information content (AvgIpc) is 3.31. The zero-order valence-corrected chi connectivity index (χ0v) is 33.4. The molecule has 1 aliphatic rings. The van der Waals surface area contributed by atoms with Gasteiger partial charge in [-0.25, -0.2) is 15.0 Å². The normalized spacial score (nSPS) is 15.7. The monoisotopic (exact) mass is 798 g/mol. The van der Waals surface area contributed by atoms with Crippen LogP contribution in [-0.4, -0.2) is 51.2 Å². The van der Waals surface area contributed by atoms with Crippen molar-refractivity contribution in [2.75, 3.05) is 37.3 Å². The van der Waals surface area contributed by atoms with Gasteiger partial charge >= 0.3 is 0 Å². The molecule has 7 rings (SSSR count). The third-order valence-corrected chi connectivity index (χ3v) is 10.4. The molecule has 15 nitrogen and oxygen atoms in total. The number of rotatable bonds is 15. The third kappa shape index (κ3) is 9.14. The number of hydrogen-bond acceptors (Lipinski definition) is 15. The Bertz CT molecular complexity index is 2270. The topological polar surface area (TPSA) is 212 Å². The van der Waals surface area contributed by atoms with Crippen LogP contribution in [0.1, 0.15) is 87.9 Å². The highest BCUT2D eigenvalue weighted by Gasteiger charge is 2.36. The fourth-order valence-corrected chi connectivity index (χ4v) is 7.59. The summed E-state index contributed by atoms with van der Waals surface area (Å²) >= 11 is 0. The van der Waals surface area contributed by atoms with Crippen molar-refractivity contribution in [1.29, 1.82) is 15.8 Å². The molecule has 6 aromatic rings. The van der Waals surface area contributed by atoms with Gasteiger partial charge < -0.3 is 30.2 Å². The second-order valence-electron chi connectivity index (χ2n) is 14.1. The minimum absolute atomic E-state index is 0.221. The number of methoxy groups -OCH3 is 3. The molecule has 0 saturated heterocycles. The summed E-state index contributed by atoms with van der Waals surface area (Å²) in [7, 11) is 4.54. The summed E-state index contributed by atoms with van der Waals surface area (Å²) in [5.41, 5.74) is 5.39. The third-order valence-electron chi connectivity index (χ3n) is 10.4. The van der Waals surface area contributed by atoms with Gasteiger partial charge in [-0.1, -0.05) is 18.2 Å². The van der Waals surface area contributed by atoms with E-state index < -0.39 is 0 Å². The fraction of sp³-hybridized carbons (Fsp3) is 0.267. The largest absolute Gasteiger partial charge is 0.492 e. The first-order valence-corrected chi connectivity index (χ1v) is 19.3. The Balaban J connectivity index is 1.31. The van der Waals surface area contributed by atoms with Crippen molar-refractivity contribution < 1.29 is 14.2 Å². The van der Waals surface area contributed by atoms with Gasteiger partial charge in [0, 0.05) is 53.4 Å². The predicted molar refractivity (Wildman–Crippen MR) is 223 cm³/mol.